The number of hydrogen-bond donors (Lipinski definition) is 1. The van der Waals surface area contributed by atoms with Gasteiger partial charge in [0.1, 0.15) is 0 Å². The molecule has 21 heavy (non-hydrogen) atoms. The number of hydrogen-bond acceptors (Lipinski definition) is 6. The summed E-state index contributed by atoms with van der Waals surface area (Å²) < 4.78 is 5.39. The number of nitrogens with zero attached hydrogens (tertiary/aromatic N) is 3. The Balaban J connectivity index is 1.91. The molecule has 0 amide bonds. The van der Waals surface area contributed by atoms with Crippen LogP contribution < -0.4 is 5.32 Å². The van der Waals surface area contributed by atoms with Gasteiger partial charge in [-0.3, -0.25) is 10.1 Å². The van der Waals surface area contributed by atoms with E-state index in [9.17, 15) is 10.1 Å². The third-order valence-corrected chi connectivity index (χ3v) is 3.85. The molecule has 110 valence electrons. The van der Waals surface area contributed by atoms with E-state index in [4.69, 9.17) is 4.52 Å². The minimum Gasteiger partial charge on any atom is -0.338 e. The van der Waals surface area contributed by atoms with Gasteiger partial charge in [-0.15, -0.1) is 0 Å². The van der Waals surface area contributed by atoms with Crippen molar-refractivity contribution < 1.29 is 9.45 Å². The highest BCUT2D eigenvalue weighted by atomic mass is 16.6. The van der Waals surface area contributed by atoms with Gasteiger partial charge in [0.2, 0.25) is 11.7 Å². The van der Waals surface area contributed by atoms with E-state index >= 15 is 0 Å². The predicted octanol–water partition coefficient (Wildman–Crippen LogP) is 2.29. The first kappa shape index (κ1) is 13.7. The fourth-order valence-corrected chi connectivity index (χ4v) is 2.58. The monoisotopic (exact) mass is 288 g/mol. The van der Waals surface area contributed by atoms with Gasteiger partial charge in [0.05, 0.1) is 10.3 Å². The molecule has 1 aliphatic rings. The summed E-state index contributed by atoms with van der Waals surface area (Å²) in [6.45, 7) is 3.88. The minimum atomic E-state index is -0.434. The molecule has 1 saturated heterocycles. The van der Waals surface area contributed by atoms with Gasteiger partial charge in [0, 0.05) is 24.2 Å². The summed E-state index contributed by atoms with van der Waals surface area (Å²) in [5.41, 5.74) is 0.431. The lowest BCUT2D eigenvalue weighted by molar-refractivity contribution is -0.384. The van der Waals surface area contributed by atoms with Crippen molar-refractivity contribution in [3.05, 3.63) is 40.3 Å². The highest BCUT2D eigenvalue weighted by molar-refractivity contribution is 5.58. The third-order valence-electron chi connectivity index (χ3n) is 3.85. The minimum absolute atomic E-state index is 0.0180. The Labute approximate surface area is 121 Å². The molecule has 2 heterocycles. The molecule has 1 fully saturated rings. The van der Waals surface area contributed by atoms with Crippen LogP contribution in [0.4, 0.5) is 5.69 Å². The summed E-state index contributed by atoms with van der Waals surface area (Å²) in [7, 11) is 0. The van der Waals surface area contributed by atoms with E-state index in [2.05, 4.69) is 22.4 Å². The van der Waals surface area contributed by atoms with Gasteiger partial charge in [-0.1, -0.05) is 17.3 Å². The third kappa shape index (κ3) is 2.64. The maximum atomic E-state index is 10.8. The Hall–Kier alpha value is -2.28. The van der Waals surface area contributed by atoms with Crippen molar-refractivity contribution in [3.63, 3.8) is 0 Å². The van der Waals surface area contributed by atoms with Gasteiger partial charge in [-0.2, -0.15) is 4.98 Å². The van der Waals surface area contributed by atoms with Crippen LogP contribution in [0.3, 0.4) is 0 Å². The SMILES string of the molecule is CC1(c2nc(-c3cccc([N+](=O)[O-])c3)no2)CCCNC1. The highest BCUT2D eigenvalue weighted by Gasteiger charge is 2.34. The summed E-state index contributed by atoms with van der Waals surface area (Å²) in [5, 5.41) is 18.1. The molecule has 7 heteroatoms. The fourth-order valence-electron chi connectivity index (χ4n) is 2.58. The number of nitro benzene ring substituents is 1. The van der Waals surface area contributed by atoms with E-state index in [1.54, 1.807) is 12.1 Å². The van der Waals surface area contributed by atoms with Crippen LogP contribution in [0.5, 0.6) is 0 Å². The zero-order valence-electron chi connectivity index (χ0n) is 11.7. The van der Waals surface area contributed by atoms with Crippen molar-refractivity contribution in [1.82, 2.24) is 15.5 Å². The van der Waals surface area contributed by atoms with E-state index in [-0.39, 0.29) is 11.1 Å². The van der Waals surface area contributed by atoms with Crippen LogP contribution in [0, 0.1) is 10.1 Å². The number of non-ortho nitro benzene ring substituents is 1. The molecule has 1 N–H and O–H groups in total. The van der Waals surface area contributed by atoms with Crippen LogP contribution in [0.15, 0.2) is 28.8 Å². The average Bonchev–Trinajstić information content (AvgIpc) is 2.99. The lowest BCUT2D eigenvalue weighted by atomic mass is 9.83. The number of rotatable bonds is 3. The Kier molecular flexibility index (Phi) is 3.42. The quantitative estimate of drug-likeness (QED) is 0.688. The fraction of sp³-hybridized carbons (Fsp3) is 0.429. The van der Waals surface area contributed by atoms with Crippen LogP contribution in [-0.4, -0.2) is 28.2 Å². The van der Waals surface area contributed by atoms with Gasteiger partial charge in [-0.25, -0.2) is 0 Å². The largest absolute Gasteiger partial charge is 0.338 e. The van der Waals surface area contributed by atoms with Gasteiger partial charge in [0.15, 0.2) is 0 Å². The summed E-state index contributed by atoms with van der Waals surface area (Å²) >= 11 is 0. The smallest absolute Gasteiger partial charge is 0.270 e. The Morgan fingerprint density at radius 3 is 3.05 bits per heavy atom. The average molecular weight is 288 g/mol. The second-order valence-electron chi connectivity index (χ2n) is 5.57. The predicted molar refractivity (Wildman–Crippen MR) is 75.8 cm³/mol. The van der Waals surface area contributed by atoms with Crippen molar-refractivity contribution in [3.8, 4) is 11.4 Å². The molecule has 7 nitrogen and oxygen atoms in total. The van der Waals surface area contributed by atoms with Gasteiger partial charge >= 0.3 is 0 Å². The molecule has 3 rings (SSSR count). The number of nitro groups is 1. The Bertz CT molecular complexity index is 662. The summed E-state index contributed by atoms with van der Waals surface area (Å²) in [6.07, 6.45) is 2.04. The number of aromatic nitrogens is 2. The molecular weight excluding hydrogens is 272 g/mol. The zero-order chi connectivity index (χ0) is 14.9. The Morgan fingerprint density at radius 2 is 2.33 bits per heavy atom. The molecule has 0 saturated carbocycles. The topological polar surface area (TPSA) is 94.1 Å². The van der Waals surface area contributed by atoms with E-state index < -0.39 is 4.92 Å². The number of piperidine rings is 1. The lowest BCUT2D eigenvalue weighted by Gasteiger charge is -2.30. The first-order valence-corrected chi connectivity index (χ1v) is 6.88. The van der Waals surface area contributed by atoms with E-state index in [0.29, 0.717) is 17.3 Å². The second kappa shape index (κ2) is 5.25. The maximum absolute atomic E-state index is 10.8. The van der Waals surface area contributed by atoms with Crippen molar-refractivity contribution >= 4 is 5.69 Å². The molecule has 0 aliphatic carbocycles. The van der Waals surface area contributed by atoms with Crippen molar-refractivity contribution in [1.29, 1.82) is 0 Å². The van der Waals surface area contributed by atoms with Crippen LogP contribution in [0.2, 0.25) is 0 Å². The van der Waals surface area contributed by atoms with E-state index in [0.717, 1.165) is 25.9 Å². The maximum Gasteiger partial charge on any atom is 0.270 e. The van der Waals surface area contributed by atoms with Gasteiger partial charge < -0.3 is 9.84 Å². The first-order chi connectivity index (χ1) is 10.1. The highest BCUT2D eigenvalue weighted by Crippen LogP contribution is 2.31. The van der Waals surface area contributed by atoms with Gasteiger partial charge in [0.25, 0.3) is 5.69 Å². The molecule has 1 aromatic heterocycles. The summed E-state index contributed by atoms with van der Waals surface area (Å²) in [4.78, 5) is 14.8. The molecule has 1 atom stereocenters. The summed E-state index contributed by atoms with van der Waals surface area (Å²) in [6, 6.07) is 6.25. The molecule has 0 spiro atoms. The number of benzene rings is 1. The molecule has 2 aromatic rings. The van der Waals surface area contributed by atoms with Gasteiger partial charge in [-0.05, 0) is 26.3 Å². The first-order valence-electron chi connectivity index (χ1n) is 6.88. The molecule has 1 aromatic carbocycles. The van der Waals surface area contributed by atoms with Crippen molar-refractivity contribution in [2.24, 2.45) is 0 Å². The normalized spacial score (nSPS) is 22.1. The van der Waals surface area contributed by atoms with E-state index in [1.807, 2.05) is 0 Å². The number of nitrogens with one attached hydrogen (secondary N) is 1. The lowest BCUT2D eigenvalue weighted by Crippen LogP contribution is -2.41. The zero-order valence-corrected chi connectivity index (χ0v) is 11.7. The van der Waals surface area contributed by atoms with Crippen LogP contribution in [-0.2, 0) is 5.41 Å². The molecular formula is C14H16N4O3. The van der Waals surface area contributed by atoms with Crippen LogP contribution in [0.1, 0.15) is 25.7 Å². The van der Waals surface area contributed by atoms with Crippen molar-refractivity contribution in [2.75, 3.05) is 13.1 Å². The van der Waals surface area contributed by atoms with E-state index in [1.165, 1.54) is 12.1 Å². The molecule has 1 unspecified atom stereocenters. The standard InChI is InChI=1S/C14H16N4O3/c1-14(6-3-7-15-9-14)13-16-12(17-21-13)10-4-2-5-11(8-10)18(19)20/h2,4-5,8,15H,3,6-7,9H2,1H3. The van der Waals surface area contributed by atoms with Crippen LogP contribution >= 0.6 is 0 Å². The molecule has 0 radical (unpaired) electrons. The molecule has 0 bridgehead atoms. The van der Waals surface area contributed by atoms with Crippen molar-refractivity contribution in [2.45, 2.75) is 25.2 Å². The Morgan fingerprint density at radius 1 is 1.48 bits per heavy atom. The summed E-state index contributed by atoms with van der Waals surface area (Å²) in [5.74, 6) is 0.969. The molecule has 1 aliphatic heterocycles. The second-order valence-corrected chi connectivity index (χ2v) is 5.57. The van der Waals surface area contributed by atoms with Crippen LogP contribution in [0.25, 0.3) is 11.4 Å².